The number of piperidine rings is 1. The van der Waals surface area contributed by atoms with E-state index < -0.39 is 0 Å². The zero-order chi connectivity index (χ0) is 8.81. The predicted molar refractivity (Wildman–Crippen MR) is 51.3 cm³/mol. The van der Waals surface area contributed by atoms with Gasteiger partial charge in [0.25, 0.3) is 0 Å². The zero-order valence-corrected chi connectivity index (χ0v) is 8.38. The summed E-state index contributed by atoms with van der Waals surface area (Å²) in [6.45, 7) is 6.87. The number of rotatable bonds is 4. The fraction of sp³-hybridized carbons (Fsp3) is 1.00. The highest BCUT2D eigenvalue weighted by molar-refractivity contribution is 4.71. The molecule has 2 nitrogen and oxygen atoms in total. The summed E-state index contributed by atoms with van der Waals surface area (Å²) in [5.41, 5.74) is 0. The van der Waals surface area contributed by atoms with Crippen molar-refractivity contribution in [1.29, 1.82) is 0 Å². The van der Waals surface area contributed by atoms with Crippen LogP contribution in [0.3, 0.4) is 0 Å². The van der Waals surface area contributed by atoms with Gasteiger partial charge in [0.1, 0.15) is 0 Å². The number of nitrogens with zero attached hydrogens (tertiary/aromatic N) is 1. The monoisotopic (exact) mass is 171 g/mol. The van der Waals surface area contributed by atoms with Crippen LogP contribution in [-0.2, 0) is 4.74 Å². The summed E-state index contributed by atoms with van der Waals surface area (Å²) < 4.78 is 5.07. The maximum absolute atomic E-state index is 5.07. The average Bonchev–Trinajstić information content (AvgIpc) is 2.15. The van der Waals surface area contributed by atoms with Crippen LogP contribution in [0.5, 0.6) is 0 Å². The summed E-state index contributed by atoms with van der Waals surface area (Å²) in [4.78, 5) is 2.53. The summed E-state index contributed by atoms with van der Waals surface area (Å²) in [6, 6.07) is 0. The Morgan fingerprint density at radius 1 is 1.50 bits per heavy atom. The molecule has 1 saturated heterocycles. The van der Waals surface area contributed by atoms with E-state index in [0.29, 0.717) is 0 Å². The van der Waals surface area contributed by atoms with Crippen LogP contribution in [0, 0.1) is 5.92 Å². The van der Waals surface area contributed by atoms with E-state index in [-0.39, 0.29) is 0 Å². The second-order valence-electron chi connectivity index (χ2n) is 3.71. The van der Waals surface area contributed by atoms with Gasteiger partial charge in [-0.3, -0.25) is 0 Å². The summed E-state index contributed by atoms with van der Waals surface area (Å²) in [6.07, 6.45) is 4.14. The van der Waals surface area contributed by atoms with E-state index in [1.165, 1.54) is 32.4 Å². The summed E-state index contributed by atoms with van der Waals surface area (Å²) in [5.74, 6) is 0.940. The van der Waals surface area contributed by atoms with Crippen LogP contribution in [0.4, 0.5) is 0 Å². The van der Waals surface area contributed by atoms with Crippen LogP contribution in [0.1, 0.15) is 26.2 Å². The maximum Gasteiger partial charge on any atom is 0.0589 e. The average molecular weight is 171 g/mol. The largest absolute Gasteiger partial charge is 0.383 e. The molecule has 0 radical (unpaired) electrons. The third-order valence-electron chi connectivity index (χ3n) is 2.79. The van der Waals surface area contributed by atoms with Crippen LogP contribution in [-0.4, -0.2) is 38.3 Å². The SMILES string of the molecule is CC[C@@H]1CCCN(CCOC)C1. The van der Waals surface area contributed by atoms with Gasteiger partial charge < -0.3 is 9.64 Å². The quantitative estimate of drug-likeness (QED) is 0.639. The van der Waals surface area contributed by atoms with Gasteiger partial charge in [0.2, 0.25) is 0 Å². The molecule has 0 aromatic rings. The van der Waals surface area contributed by atoms with Gasteiger partial charge in [-0.15, -0.1) is 0 Å². The Kier molecular flexibility index (Phi) is 4.62. The summed E-state index contributed by atoms with van der Waals surface area (Å²) in [7, 11) is 1.78. The first-order valence-corrected chi connectivity index (χ1v) is 5.08. The molecule has 0 aromatic heterocycles. The molecular weight excluding hydrogens is 150 g/mol. The van der Waals surface area contributed by atoms with E-state index in [1.54, 1.807) is 7.11 Å². The Hall–Kier alpha value is -0.0800. The number of hydrogen-bond acceptors (Lipinski definition) is 2. The van der Waals surface area contributed by atoms with Crippen molar-refractivity contribution in [2.75, 3.05) is 33.4 Å². The molecule has 0 unspecified atom stereocenters. The fourth-order valence-electron chi connectivity index (χ4n) is 1.91. The first kappa shape index (κ1) is 10.0. The van der Waals surface area contributed by atoms with Crippen LogP contribution in [0.2, 0.25) is 0 Å². The first-order chi connectivity index (χ1) is 5.86. The first-order valence-electron chi connectivity index (χ1n) is 5.08. The molecule has 1 aliphatic rings. The molecule has 2 heteroatoms. The lowest BCUT2D eigenvalue weighted by molar-refractivity contribution is 0.113. The predicted octanol–water partition coefficient (Wildman–Crippen LogP) is 1.75. The molecule has 0 amide bonds. The maximum atomic E-state index is 5.07. The highest BCUT2D eigenvalue weighted by atomic mass is 16.5. The Bertz CT molecular complexity index is 116. The van der Waals surface area contributed by atoms with Crippen molar-refractivity contribution >= 4 is 0 Å². The van der Waals surface area contributed by atoms with Crippen molar-refractivity contribution in [1.82, 2.24) is 4.90 Å². The standard InChI is InChI=1S/C10H21NO/c1-3-10-5-4-6-11(9-10)7-8-12-2/h10H,3-9H2,1-2H3/t10-/m1/s1. The van der Waals surface area contributed by atoms with Crippen LogP contribution in [0.25, 0.3) is 0 Å². The van der Waals surface area contributed by atoms with Gasteiger partial charge in [-0.05, 0) is 25.3 Å². The van der Waals surface area contributed by atoms with E-state index in [4.69, 9.17) is 4.74 Å². The Morgan fingerprint density at radius 2 is 2.33 bits per heavy atom. The van der Waals surface area contributed by atoms with E-state index in [2.05, 4.69) is 11.8 Å². The summed E-state index contributed by atoms with van der Waals surface area (Å²) >= 11 is 0. The van der Waals surface area contributed by atoms with Crippen LogP contribution in [0.15, 0.2) is 0 Å². The van der Waals surface area contributed by atoms with E-state index in [0.717, 1.165) is 19.1 Å². The molecule has 1 atom stereocenters. The minimum Gasteiger partial charge on any atom is -0.383 e. The number of methoxy groups -OCH3 is 1. The van der Waals surface area contributed by atoms with E-state index in [9.17, 15) is 0 Å². The third-order valence-corrected chi connectivity index (χ3v) is 2.79. The van der Waals surface area contributed by atoms with Crippen molar-refractivity contribution < 1.29 is 4.74 Å². The molecule has 0 spiro atoms. The molecule has 0 bridgehead atoms. The molecule has 1 fully saturated rings. The second-order valence-corrected chi connectivity index (χ2v) is 3.71. The molecule has 1 heterocycles. The van der Waals surface area contributed by atoms with Crippen molar-refractivity contribution in [3.05, 3.63) is 0 Å². The van der Waals surface area contributed by atoms with E-state index >= 15 is 0 Å². The minimum absolute atomic E-state index is 0.885. The minimum atomic E-state index is 0.885. The van der Waals surface area contributed by atoms with Crippen molar-refractivity contribution in [2.45, 2.75) is 26.2 Å². The molecule has 0 aromatic carbocycles. The lowest BCUT2D eigenvalue weighted by Crippen LogP contribution is -2.37. The van der Waals surface area contributed by atoms with Gasteiger partial charge in [-0.1, -0.05) is 13.3 Å². The Labute approximate surface area is 75.9 Å². The van der Waals surface area contributed by atoms with Gasteiger partial charge in [0.05, 0.1) is 6.61 Å². The van der Waals surface area contributed by atoms with Crippen LogP contribution < -0.4 is 0 Å². The number of hydrogen-bond donors (Lipinski definition) is 0. The van der Waals surface area contributed by atoms with E-state index in [1.807, 2.05) is 0 Å². The lowest BCUT2D eigenvalue weighted by atomic mass is 9.96. The second kappa shape index (κ2) is 5.55. The molecule has 12 heavy (non-hydrogen) atoms. The van der Waals surface area contributed by atoms with Gasteiger partial charge in [-0.25, -0.2) is 0 Å². The molecular formula is C10H21NO. The van der Waals surface area contributed by atoms with Gasteiger partial charge >= 0.3 is 0 Å². The highest BCUT2D eigenvalue weighted by Gasteiger charge is 2.17. The zero-order valence-electron chi connectivity index (χ0n) is 8.38. The van der Waals surface area contributed by atoms with Crippen molar-refractivity contribution in [2.24, 2.45) is 5.92 Å². The molecule has 1 aliphatic heterocycles. The topological polar surface area (TPSA) is 12.5 Å². The Morgan fingerprint density at radius 3 is 3.00 bits per heavy atom. The molecule has 72 valence electrons. The Balaban J connectivity index is 2.16. The van der Waals surface area contributed by atoms with Crippen LogP contribution >= 0.6 is 0 Å². The van der Waals surface area contributed by atoms with Gasteiger partial charge in [-0.2, -0.15) is 0 Å². The smallest absolute Gasteiger partial charge is 0.0589 e. The van der Waals surface area contributed by atoms with Crippen molar-refractivity contribution in [3.8, 4) is 0 Å². The summed E-state index contributed by atoms with van der Waals surface area (Å²) in [5, 5.41) is 0. The third kappa shape index (κ3) is 3.11. The molecule has 0 saturated carbocycles. The number of likely N-dealkylation sites (tertiary alicyclic amines) is 1. The highest BCUT2D eigenvalue weighted by Crippen LogP contribution is 2.18. The molecule has 0 N–H and O–H groups in total. The fourth-order valence-corrected chi connectivity index (χ4v) is 1.91. The number of ether oxygens (including phenoxy) is 1. The lowest BCUT2D eigenvalue weighted by Gasteiger charge is -2.31. The van der Waals surface area contributed by atoms with Gasteiger partial charge in [0, 0.05) is 20.2 Å². The normalized spacial score (nSPS) is 26.0. The van der Waals surface area contributed by atoms with Gasteiger partial charge in [0.15, 0.2) is 0 Å². The van der Waals surface area contributed by atoms with Crippen molar-refractivity contribution in [3.63, 3.8) is 0 Å². The molecule has 0 aliphatic carbocycles. The molecule has 1 rings (SSSR count).